The zero-order chi connectivity index (χ0) is 16.7. The molecule has 3 aromatic rings. The second-order valence-electron chi connectivity index (χ2n) is 5.63. The molecule has 1 atom stereocenters. The number of carbonyl (C=O) groups excluding carboxylic acids is 1. The predicted molar refractivity (Wildman–Crippen MR) is 93.2 cm³/mol. The minimum atomic E-state index is -0.428. The topological polar surface area (TPSA) is 62.9 Å². The average molecular weight is 338 g/mol. The van der Waals surface area contributed by atoms with E-state index in [4.69, 9.17) is 4.42 Å². The van der Waals surface area contributed by atoms with Crippen LogP contribution in [0.3, 0.4) is 0 Å². The molecule has 24 heavy (non-hydrogen) atoms. The van der Waals surface area contributed by atoms with Crippen LogP contribution in [0.4, 0.5) is 0 Å². The van der Waals surface area contributed by atoms with Gasteiger partial charge in [-0.25, -0.2) is 9.80 Å². The fourth-order valence-electron chi connectivity index (χ4n) is 2.93. The molecule has 0 unspecified atom stereocenters. The Kier molecular flexibility index (Phi) is 3.54. The van der Waals surface area contributed by atoms with Crippen molar-refractivity contribution < 1.29 is 9.21 Å². The maximum atomic E-state index is 12.3. The lowest BCUT2D eigenvalue weighted by molar-refractivity contribution is -0.130. The molecule has 0 aliphatic carbocycles. The number of carbonyl (C=O) groups is 1. The van der Waals surface area contributed by atoms with Crippen molar-refractivity contribution >= 4 is 33.9 Å². The van der Waals surface area contributed by atoms with Crippen molar-refractivity contribution in [2.24, 2.45) is 5.10 Å². The van der Waals surface area contributed by atoms with Gasteiger partial charge in [-0.1, -0.05) is 24.3 Å². The van der Waals surface area contributed by atoms with Crippen molar-refractivity contribution in [1.82, 2.24) is 5.01 Å². The summed E-state index contributed by atoms with van der Waals surface area (Å²) in [5, 5.41) is 8.67. The van der Waals surface area contributed by atoms with Gasteiger partial charge in [0, 0.05) is 23.6 Å². The van der Waals surface area contributed by atoms with Crippen molar-refractivity contribution in [3.8, 4) is 0 Å². The minimum absolute atomic E-state index is 0.145. The fraction of sp³-hybridized carbons (Fsp3) is 0.167. The Labute approximate surface area is 141 Å². The van der Waals surface area contributed by atoms with E-state index in [1.54, 1.807) is 23.5 Å². The maximum absolute atomic E-state index is 12.3. The Morgan fingerprint density at radius 3 is 2.88 bits per heavy atom. The van der Waals surface area contributed by atoms with Gasteiger partial charge in [0.25, 0.3) is 0 Å². The molecule has 1 aliphatic rings. The standard InChI is InChI=1S/C18H14N2O3S/c1-11(21)20-15(17-7-4-8-24-17)10-14(19-20)13-9-12-5-2-3-6-16(12)23-18(13)22/h2-9,15H,10H2,1H3/t15-/m0/s1. The summed E-state index contributed by atoms with van der Waals surface area (Å²) in [5.74, 6) is -0.145. The quantitative estimate of drug-likeness (QED) is 0.671. The summed E-state index contributed by atoms with van der Waals surface area (Å²) in [4.78, 5) is 25.3. The van der Waals surface area contributed by atoms with Crippen LogP contribution in [0.5, 0.6) is 0 Å². The number of nitrogens with zero attached hydrogens (tertiary/aromatic N) is 2. The van der Waals surface area contributed by atoms with Crippen LogP contribution in [0.25, 0.3) is 11.0 Å². The Hall–Kier alpha value is -2.73. The number of benzene rings is 1. The lowest BCUT2D eigenvalue weighted by atomic mass is 10.0. The lowest BCUT2D eigenvalue weighted by Crippen LogP contribution is -2.23. The number of thiophene rings is 1. The predicted octanol–water partition coefficient (Wildman–Crippen LogP) is 3.55. The molecule has 0 bridgehead atoms. The van der Waals surface area contributed by atoms with Gasteiger partial charge in [-0.15, -0.1) is 11.3 Å². The zero-order valence-corrected chi connectivity index (χ0v) is 13.7. The number of para-hydroxylation sites is 1. The maximum Gasteiger partial charge on any atom is 0.345 e. The molecule has 1 amide bonds. The molecule has 120 valence electrons. The van der Waals surface area contributed by atoms with E-state index in [9.17, 15) is 9.59 Å². The van der Waals surface area contributed by atoms with Gasteiger partial charge in [-0.05, 0) is 23.6 Å². The summed E-state index contributed by atoms with van der Waals surface area (Å²) in [6.07, 6.45) is 0.503. The van der Waals surface area contributed by atoms with Crippen LogP contribution in [-0.4, -0.2) is 16.6 Å². The third-order valence-electron chi connectivity index (χ3n) is 4.06. The Balaban J connectivity index is 1.79. The lowest BCUT2D eigenvalue weighted by Gasteiger charge is -2.18. The molecule has 6 heteroatoms. The molecule has 0 fully saturated rings. The third-order valence-corrected chi connectivity index (χ3v) is 5.03. The van der Waals surface area contributed by atoms with Crippen LogP contribution < -0.4 is 5.63 Å². The number of rotatable bonds is 2. The first-order chi connectivity index (χ1) is 11.6. The van der Waals surface area contributed by atoms with Gasteiger partial charge in [0.2, 0.25) is 5.91 Å². The van der Waals surface area contributed by atoms with E-state index in [0.717, 1.165) is 10.3 Å². The Bertz CT molecular complexity index is 1000. The highest BCUT2D eigenvalue weighted by molar-refractivity contribution is 7.10. The highest BCUT2D eigenvalue weighted by Gasteiger charge is 2.33. The molecule has 0 N–H and O–H groups in total. The van der Waals surface area contributed by atoms with Crippen LogP contribution in [0.1, 0.15) is 29.8 Å². The summed E-state index contributed by atoms with van der Waals surface area (Å²) in [6.45, 7) is 1.48. The Morgan fingerprint density at radius 1 is 1.29 bits per heavy atom. The molecule has 0 spiro atoms. The SMILES string of the molecule is CC(=O)N1N=C(c2cc3ccccc3oc2=O)C[C@H]1c1cccs1. The fourth-order valence-corrected chi connectivity index (χ4v) is 3.74. The van der Waals surface area contributed by atoms with Gasteiger partial charge in [-0.2, -0.15) is 5.10 Å². The highest BCUT2D eigenvalue weighted by atomic mass is 32.1. The van der Waals surface area contributed by atoms with Crippen LogP contribution in [0.15, 0.2) is 62.2 Å². The zero-order valence-electron chi connectivity index (χ0n) is 12.9. The van der Waals surface area contributed by atoms with E-state index < -0.39 is 5.63 Å². The van der Waals surface area contributed by atoms with Gasteiger partial charge in [-0.3, -0.25) is 4.79 Å². The van der Waals surface area contributed by atoms with Crippen LogP contribution in [-0.2, 0) is 4.79 Å². The van der Waals surface area contributed by atoms with E-state index >= 15 is 0 Å². The van der Waals surface area contributed by atoms with E-state index in [0.29, 0.717) is 23.3 Å². The van der Waals surface area contributed by atoms with Crippen molar-refractivity contribution in [2.75, 3.05) is 0 Å². The summed E-state index contributed by atoms with van der Waals surface area (Å²) >= 11 is 1.58. The minimum Gasteiger partial charge on any atom is -0.422 e. The molecule has 0 saturated heterocycles. The molecule has 0 radical (unpaired) electrons. The molecule has 4 rings (SSSR count). The molecular weight excluding hydrogens is 324 g/mol. The van der Waals surface area contributed by atoms with Crippen LogP contribution in [0.2, 0.25) is 0 Å². The number of hydrazone groups is 1. The largest absolute Gasteiger partial charge is 0.422 e. The van der Waals surface area contributed by atoms with Crippen LogP contribution >= 0.6 is 11.3 Å². The van der Waals surface area contributed by atoms with Crippen molar-refractivity contribution in [1.29, 1.82) is 0 Å². The van der Waals surface area contributed by atoms with Crippen molar-refractivity contribution in [3.05, 3.63) is 68.7 Å². The molecule has 5 nitrogen and oxygen atoms in total. The van der Waals surface area contributed by atoms with Gasteiger partial charge in [0.1, 0.15) is 5.58 Å². The molecule has 3 heterocycles. The smallest absolute Gasteiger partial charge is 0.345 e. The Morgan fingerprint density at radius 2 is 2.12 bits per heavy atom. The number of fused-ring (bicyclic) bond motifs is 1. The first-order valence-electron chi connectivity index (χ1n) is 7.57. The first kappa shape index (κ1) is 14.8. The van der Waals surface area contributed by atoms with Gasteiger partial charge in [0.15, 0.2) is 0 Å². The average Bonchev–Trinajstić information content (AvgIpc) is 3.23. The second-order valence-corrected chi connectivity index (χ2v) is 6.61. The number of hydrogen-bond acceptors (Lipinski definition) is 5. The number of amides is 1. The normalized spacial score (nSPS) is 17.3. The molecule has 2 aromatic heterocycles. The molecule has 0 saturated carbocycles. The van der Waals surface area contributed by atoms with Crippen molar-refractivity contribution in [3.63, 3.8) is 0 Å². The second kappa shape index (κ2) is 5.72. The molecule has 1 aliphatic heterocycles. The summed E-state index contributed by atoms with van der Waals surface area (Å²) < 4.78 is 5.39. The van der Waals surface area contributed by atoms with E-state index in [1.165, 1.54) is 11.9 Å². The van der Waals surface area contributed by atoms with E-state index in [2.05, 4.69) is 5.10 Å². The third kappa shape index (κ3) is 2.45. The van der Waals surface area contributed by atoms with E-state index in [1.807, 2.05) is 35.7 Å². The summed E-state index contributed by atoms with van der Waals surface area (Å²) in [6, 6.07) is 12.9. The summed E-state index contributed by atoms with van der Waals surface area (Å²) in [7, 11) is 0. The van der Waals surface area contributed by atoms with Crippen molar-refractivity contribution in [2.45, 2.75) is 19.4 Å². The molecular formula is C18H14N2O3S. The van der Waals surface area contributed by atoms with Gasteiger partial charge < -0.3 is 4.42 Å². The summed E-state index contributed by atoms with van der Waals surface area (Å²) in [5.41, 5.74) is 1.12. The molecule has 1 aromatic carbocycles. The van der Waals surface area contributed by atoms with E-state index in [-0.39, 0.29) is 11.9 Å². The van der Waals surface area contributed by atoms with Gasteiger partial charge >= 0.3 is 5.63 Å². The number of hydrogen-bond donors (Lipinski definition) is 0. The first-order valence-corrected chi connectivity index (χ1v) is 8.45. The van der Waals surface area contributed by atoms with Gasteiger partial charge in [0.05, 0.1) is 17.3 Å². The monoisotopic (exact) mass is 338 g/mol. The van der Waals surface area contributed by atoms with Crippen LogP contribution in [0, 0.1) is 0 Å². The highest BCUT2D eigenvalue weighted by Crippen LogP contribution is 2.34.